The molecule has 0 aromatic heterocycles. The summed E-state index contributed by atoms with van der Waals surface area (Å²) in [5.41, 5.74) is 19.9. The Morgan fingerprint density at radius 1 is 0.415 bits per heavy atom. The van der Waals surface area contributed by atoms with E-state index in [1.807, 2.05) is 0 Å². The molecule has 8 rings (SSSR count). The highest BCUT2D eigenvalue weighted by atomic mass is 15.1. The van der Waals surface area contributed by atoms with Gasteiger partial charge in [0.1, 0.15) is 0 Å². The van der Waals surface area contributed by atoms with Gasteiger partial charge in [-0.05, 0) is 151 Å². The zero-order valence-corrected chi connectivity index (χ0v) is 34.6. The lowest BCUT2D eigenvalue weighted by atomic mass is 9.62. The highest BCUT2D eigenvalue weighted by Crippen LogP contribution is 2.56. The van der Waals surface area contributed by atoms with Gasteiger partial charge >= 0.3 is 0 Å². The lowest BCUT2D eigenvalue weighted by Gasteiger charge is -2.43. The number of rotatable bonds is 5. The first-order valence-electron chi connectivity index (χ1n) is 20.3. The molecule has 0 aliphatic heterocycles. The second kappa shape index (κ2) is 11.9. The third kappa shape index (κ3) is 5.63. The van der Waals surface area contributed by atoms with Crippen molar-refractivity contribution in [1.29, 1.82) is 0 Å². The van der Waals surface area contributed by atoms with Crippen LogP contribution in [0.2, 0.25) is 0 Å². The number of benzene rings is 5. The Morgan fingerprint density at radius 2 is 0.962 bits per heavy atom. The summed E-state index contributed by atoms with van der Waals surface area (Å²) in [6.07, 6.45) is 4.82. The number of hydrogen-bond donors (Lipinski definition) is 0. The van der Waals surface area contributed by atoms with E-state index in [1.165, 1.54) is 104 Å². The van der Waals surface area contributed by atoms with Crippen LogP contribution in [0.15, 0.2) is 97.1 Å². The predicted molar refractivity (Wildman–Crippen MR) is 229 cm³/mol. The van der Waals surface area contributed by atoms with Crippen LogP contribution in [0.1, 0.15) is 154 Å². The van der Waals surface area contributed by atoms with Crippen molar-refractivity contribution in [2.24, 2.45) is 0 Å². The summed E-state index contributed by atoms with van der Waals surface area (Å²) in [4.78, 5) is 2.59. The first-order valence-corrected chi connectivity index (χ1v) is 20.3. The lowest BCUT2D eigenvalue weighted by molar-refractivity contribution is 0.331. The van der Waals surface area contributed by atoms with Crippen molar-refractivity contribution in [2.45, 2.75) is 142 Å². The van der Waals surface area contributed by atoms with Crippen LogP contribution >= 0.6 is 0 Å². The minimum atomic E-state index is -0.119. The summed E-state index contributed by atoms with van der Waals surface area (Å²) in [5.74, 6) is 0.373. The van der Waals surface area contributed by atoms with E-state index < -0.39 is 0 Å². The minimum Gasteiger partial charge on any atom is -0.310 e. The number of para-hydroxylation sites is 1. The first kappa shape index (κ1) is 35.9. The average molecular weight is 700 g/mol. The van der Waals surface area contributed by atoms with E-state index in [1.54, 1.807) is 0 Å². The Balaban J connectivity index is 1.49. The molecule has 53 heavy (non-hydrogen) atoms. The van der Waals surface area contributed by atoms with Crippen LogP contribution in [0.5, 0.6) is 0 Å². The van der Waals surface area contributed by atoms with Crippen LogP contribution in [0.4, 0.5) is 17.1 Å². The molecule has 3 aliphatic carbocycles. The normalized spacial score (nSPS) is 19.6. The van der Waals surface area contributed by atoms with Crippen molar-refractivity contribution in [1.82, 2.24) is 0 Å². The Hall–Kier alpha value is -4.10. The SMILES string of the molecule is CC(C)c1cc2c(cc1-c1cc3c(cc1N(c1ccccc1)c1ccc4c(c1)C(C)(C)CCC4(C)C)C(C)(C)c1ccccc1-3)C(C)(C)CCC2(C)C. The largest absolute Gasteiger partial charge is 0.310 e. The molecule has 274 valence electrons. The smallest absolute Gasteiger partial charge is 0.0543 e. The average Bonchev–Trinajstić information content (AvgIpc) is 3.34. The Bertz CT molecular complexity index is 2240. The second-order valence-electron chi connectivity index (χ2n) is 20.2. The van der Waals surface area contributed by atoms with Gasteiger partial charge in [-0.2, -0.15) is 0 Å². The van der Waals surface area contributed by atoms with Gasteiger partial charge in [0.05, 0.1) is 5.69 Å². The Kier molecular flexibility index (Phi) is 8.10. The van der Waals surface area contributed by atoms with Crippen LogP contribution in [-0.2, 0) is 27.1 Å². The predicted octanol–water partition coefficient (Wildman–Crippen LogP) is 15.0. The summed E-state index contributed by atoms with van der Waals surface area (Å²) < 4.78 is 0. The second-order valence-corrected chi connectivity index (χ2v) is 20.2. The van der Waals surface area contributed by atoms with Gasteiger partial charge in [0.25, 0.3) is 0 Å². The molecule has 1 heteroatoms. The maximum absolute atomic E-state index is 2.63. The summed E-state index contributed by atoms with van der Waals surface area (Å²) >= 11 is 0. The van der Waals surface area contributed by atoms with Crippen LogP contribution in [0.25, 0.3) is 22.3 Å². The van der Waals surface area contributed by atoms with Gasteiger partial charge in [0.15, 0.2) is 0 Å². The fourth-order valence-corrected chi connectivity index (χ4v) is 10.2. The summed E-state index contributed by atoms with van der Waals surface area (Å²) in [5, 5.41) is 0. The van der Waals surface area contributed by atoms with Crippen molar-refractivity contribution in [2.75, 3.05) is 4.90 Å². The summed E-state index contributed by atoms with van der Waals surface area (Å²) in [6, 6.07) is 38.1. The zero-order chi connectivity index (χ0) is 37.9. The molecule has 0 spiro atoms. The van der Waals surface area contributed by atoms with E-state index in [2.05, 4.69) is 185 Å². The van der Waals surface area contributed by atoms with Crippen LogP contribution in [0.3, 0.4) is 0 Å². The quantitative estimate of drug-likeness (QED) is 0.176. The highest BCUT2D eigenvalue weighted by molar-refractivity contribution is 5.96. The molecule has 0 fully saturated rings. The van der Waals surface area contributed by atoms with Crippen molar-refractivity contribution in [3.05, 3.63) is 136 Å². The fourth-order valence-electron chi connectivity index (χ4n) is 10.2. The molecule has 0 heterocycles. The minimum absolute atomic E-state index is 0.106. The van der Waals surface area contributed by atoms with Crippen LogP contribution < -0.4 is 4.90 Å². The van der Waals surface area contributed by atoms with Crippen molar-refractivity contribution in [3.8, 4) is 22.3 Å². The number of anilines is 3. The number of nitrogens with zero attached hydrogens (tertiary/aromatic N) is 1. The lowest BCUT2D eigenvalue weighted by Crippen LogP contribution is -2.34. The molecule has 0 bridgehead atoms. The van der Waals surface area contributed by atoms with Gasteiger partial charge in [0.2, 0.25) is 0 Å². The standard InChI is InChI=1S/C52H61N/c1-33(2)37-30-45-46(51(9,10)27-26-50(45,7)8)31-38(37)40-29-39-36-20-16-17-21-41(36)52(11,12)43(39)32-47(40)53(34-18-14-13-15-19-34)35-22-23-42-44(28-35)49(5,6)25-24-48(42,3)4/h13-23,28-33H,24-27H2,1-12H3. The molecule has 1 nitrogen and oxygen atoms in total. The monoisotopic (exact) mass is 699 g/mol. The van der Waals surface area contributed by atoms with E-state index >= 15 is 0 Å². The molecule has 0 N–H and O–H groups in total. The molecule has 5 aromatic carbocycles. The van der Waals surface area contributed by atoms with E-state index in [0.29, 0.717) is 5.92 Å². The molecule has 0 unspecified atom stereocenters. The molecular formula is C52H61N. The molecule has 0 amide bonds. The van der Waals surface area contributed by atoms with Gasteiger partial charge in [-0.25, -0.2) is 0 Å². The number of fused-ring (bicyclic) bond motifs is 5. The van der Waals surface area contributed by atoms with Crippen molar-refractivity contribution < 1.29 is 0 Å². The van der Waals surface area contributed by atoms with E-state index in [4.69, 9.17) is 0 Å². The van der Waals surface area contributed by atoms with E-state index in [0.717, 1.165) is 0 Å². The fraction of sp³-hybridized carbons (Fsp3) is 0.423. The van der Waals surface area contributed by atoms with Gasteiger partial charge in [-0.1, -0.05) is 138 Å². The maximum Gasteiger partial charge on any atom is 0.0543 e. The van der Waals surface area contributed by atoms with E-state index in [-0.39, 0.29) is 27.1 Å². The van der Waals surface area contributed by atoms with Gasteiger partial charge in [0, 0.05) is 22.4 Å². The van der Waals surface area contributed by atoms with Gasteiger partial charge in [-0.3, -0.25) is 0 Å². The van der Waals surface area contributed by atoms with Crippen LogP contribution in [0, 0.1) is 0 Å². The summed E-state index contributed by atoms with van der Waals surface area (Å²) in [6.45, 7) is 29.2. The van der Waals surface area contributed by atoms with Crippen molar-refractivity contribution in [3.63, 3.8) is 0 Å². The molecule has 5 aromatic rings. The first-order chi connectivity index (χ1) is 24.8. The molecular weight excluding hydrogens is 639 g/mol. The summed E-state index contributed by atoms with van der Waals surface area (Å²) in [7, 11) is 0. The Labute approximate surface area is 320 Å². The van der Waals surface area contributed by atoms with Gasteiger partial charge < -0.3 is 4.90 Å². The van der Waals surface area contributed by atoms with Crippen molar-refractivity contribution >= 4 is 17.1 Å². The molecule has 0 atom stereocenters. The molecule has 0 radical (unpaired) electrons. The van der Waals surface area contributed by atoms with Gasteiger partial charge in [-0.15, -0.1) is 0 Å². The molecule has 3 aliphatic rings. The van der Waals surface area contributed by atoms with Crippen LogP contribution in [-0.4, -0.2) is 0 Å². The third-order valence-corrected chi connectivity index (χ3v) is 14.0. The number of hydrogen-bond acceptors (Lipinski definition) is 1. The maximum atomic E-state index is 2.63. The highest BCUT2D eigenvalue weighted by Gasteiger charge is 2.41. The third-order valence-electron chi connectivity index (χ3n) is 14.0. The molecule has 0 saturated carbocycles. The zero-order valence-electron chi connectivity index (χ0n) is 34.6. The Morgan fingerprint density at radius 3 is 1.58 bits per heavy atom. The molecule has 0 saturated heterocycles. The van der Waals surface area contributed by atoms with E-state index in [9.17, 15) is 0 Å². The topological polar surface area (TPSA) is 3.24 Å².